The van der Waals surface area contributed by atoms with Crippen LogP contribution in [0.4, 0.5) is 16.2 Å². The van der Waals surface area contributed by atoms with Gasteiger partial charge in [0.25, 0.3) is 8.18 Å². The Labute approximate surface area is 191 Å². The van der Waals surface area contributed by atoms with Gasteiger partial charge in [-0.05, 0) is 27.7 Å². The van der Waals surface area contributed by atoms with E-state index in [1.807, 2.05) is 0 Å². The first-order valence-corrected chi connectivity index (χ1v) is 11.5. The number of carbonyl (C=O) groups is 1. The molecule has 15 heteroatoms. The molecule has 2 aromatic rings. The number of aliphatic hydroxyl groups excluding tert-OH is 1. The van der Waals surface area contributed by atoms with E-state index in [2.05, 4.69) is 25.4 Å². The number of nitrogens with two attached hydrogens (primary N) is 1. The third kappa shape index (κ3) is 6.36. The molecule has 0 aliphatic carbocycles. The number of methoxy groups -OCH3 is 1. The Hall–Kier alpha value is -2.38. The Morgan fingerprint density at radius 1 is 1.39 bits per heavy atom. The van der Waals surface area contributed by atoms with Crippen molar-refractivity contribution in [3.63, 3.8) is 0 Å². The zero-order chi connectivity index (χ0) is 24.9. The molecule has 0 aliphatic rings. The molecule has 0 bridgehead atoms. The van der Waals surface area contributed by atoms with Crippen molar-refractivity contribution in [1.82, 2.24) is 24.6 Å². The monoisotopic (exact) mass is 491 g/mol. The average molecular weight is 491 g/mol. The first-order valence-electron chi connectivity index (χ1n) is 10.1. The lowest BCUT2D eigenvalue weighted by Gasteiger charge is -2.32. The standard InChI is InChI=1S/C18H31FN7O6P/c1-9(2)32-16(28)10(3)25-33(29)31-7-11(30-6)13(27)18(4,19)26-8-22-12-14(21-5)23-17(20)24-15(12)26/h8-11,13,27,33H,7H2,1-6H3,(H,25,29)(H3,20,21,23,24)/t10-,11+,13+,18-/m0/s1. The molecule has 0 fully saturated rings. The Kier molecular flexibility index (Phi) is 9.09. The van der Waals surface area contributed by atoms with E-state index in [0.717, 1.165) is 17.8 Å². The Balaban J connectivity index is 2.12. The van der Waals surface area contributed by atoms with E-state index in [1.54, 1.807) is 20.9 Å². The molecule has 5 atom stereocenters. The number of esters is 1. The van der Waals surface area contributed by atoms with Crippen molar-refractivity contribution in [1.29, 1.82) is 0 Å². The largest absolute Gasteiger partial charge is 0.462 e. The van der Waals surface area contributed by atoms with Crippen molar-refractivity contribution < 1.29 is 32.9 Å². The van der Waals surface area contributed by atoms with Gasteiger partial charge in [-0.2, -0.15) is 9.97 Å². The third-order valence-corrected chi connectivity index (χ3v) is 5.83. The molecule has 0 radical (unpaired) electrons. The van der Waals surface area contributed by atoms with Crippen LogP contribution in [0, 0.1) is 0 Å². The second kappa shape index (κ2) is 11.2. The normalized spacial score (nSPS) is 17.4. The van der Waals surface area contributed by atoms with Gasteiger partial charge in [0.1, 0.15) is 18.2 Å². The van der Waals surface area contributed by atoms with Gasteiger partial charge in [-0.1, -0.05) is 0 Å². The number of imidazole rings is 1. The van der Waals surface area contributed by atoms with Crippen molar-refractivity contribution >= 4 is 37.1 Å². The summed E-state index contributed by atoms with van der Waals surface area (Å²) in [7, 11) is -0.0917. The number of nitrogens with one attached hydrogen (secondary N) is 2. The number of hydrogen-bond acceptors (Lipinski definition) is 11. The fourth-order valence-electron chi connectivity index (χ4n) is 2.95. The molecule has 13 nitrogen and oxygen atoms in total. The van der Waals surface area contributed by atoms with Crippen LogP contribution >= 0.6 is 8.18 Å². The topological polar surface area (TPSA) is 176 Å². The van der Waals surface area contributed by atoms with Crippen LogP contribution in [0.1, 0.15) is 27.7 Å². The molecule has 2 aromatic heterocycles. The number of aliphatic hydroxyl groups is 1. The molecule has 186 valence electrons. The highest BCUT2D eigenvalue weighted by atomic mass is 31.1. The number of fused-ring (bicyclic) bond motifs is 1. The SMILES string of the molecule is CNc1nc(N)nc2c1ncn2[C@](C)(F)[C@H](O)[C@@H](CO[PH](=O)N[C@@H](C)C(=O)OC(C)C)OC. The number of ether oxygens (including phenoxy) is 2. The van der Waals surface area contributed by atoms with Crippen LogP contribution in [0.5, 0.6) is 0 Å². The minimum absolute atomic E-state index is 0.0550. The number of nitrogen functional groups attached to an aromatic ring is 1. The number of alkyl halides is 1. The molecule has 0 saturated heterocycles. The van der Waals surface area contributed by atoms with E-state index >= 15 is 4.39 Å². The van der Waals surface area contributed by atoms with E-state index in [4.69, 9.17) is 19.7 Å². The van der Waals surface area contributed by atoms with Crippen molar-refractivity contribution in [3.8, 4) is 0 Å². The number of rotatable bonds is 12. The van der Waals surface area contributed by atoms with Crippen molar-refractivity contribution in [2.45, 2.75) is 57.8 Å². The smallest absolute Gasteiger partial charge is 0.323 e. The van der Waals surface area contributed by atoms with Crippen molar-refractivity contribution in [3.05, 3.63) is 6.33 Å². The molecule has 5 N–H and O–H groups in total. The molecule has 0 saturated carbocycles. The van der Waals surface area contributed by atoms with Crippen LogP contribution in [0.25, 0.3) is 11.2 Å². The predicted molar refractivity (Wildman–Crippen MR) is 120 cm³/mol. The lowest BCUT2D eigenvalue weighted by molar-refractivity contribution is -0.149. The van der Waals surface area contributed by atoms with E-state index in [1.165, 1.54) is 14.0 Å². The summed E-state index contributed by atoms with van der Waals surface area (Å²) in [4.78, 5) is 23.9. The summed E-state index contributed by atoms with van der Waals surface area (Å²) in [6.07, 6.45) is -2.19. The van der Waals surface area contributed by atoms with Gasteiger partial charge >= 0.3 is 5.97 Å². The van der Waals surface area contributed by atoms with Gasteiger partial charge in [-0.15, -0.1) is 0 Å². The minimum Gasteiger partial charge on any atom is -0.462 e. The molecular formula is C18H31FN7O6P. The maximum Gasteiger partial charge on any atom is 0.323 e. The fourth-order valence-corrected chi connectivity index (χ4v) is 3.82. The van der Waals surface area contributed by atoms with E-state index < -0.39 is 44.8 Å². The highest BCUT2D eigenvalue weighted by molar-refractivity contribution is 7.36. The molecule has 2 rings (SSSR count). The number of carbonyl (C=O) groups excluding carboxylic acids is 1. The van der Waals surface area contributed by atoms with Gasteiger partial charge in [0.2, 0.25) is 11.7 Å². The zero-order valence-electron chi connectivity index (χ0n) is 19.3. The van der Waals surface area contributed by atoms with Crippen molar-refractivity contribution in [2.24, 2.45) is 0 Å². The van der Waals surface area contributed by atoms with Crippen LogP contribution in [0.3, 0.4) is 0 Å². The highest BCUT2D eigenvalue weighted by Gasteiger charge is 2.42. The molecule has 1 unspecified atom stereocenters. The van der Waals surface area contributed by atoms with Gasteiger partial charge in [-0.3, -0.25) is 13.9 Å². The van der Waals surface area contributed by atoms with Crippen LogP contribution < -0.4 is 16.1 Å². The minimum atomic E-state index is -2.93. The zero-order valence-corrected chi connectivity index (χ0v) is 20.3. The molecule has 0 amide bonds. The first kappa shape index (κ1) is 26.9. The summed E-state index contributed by atoms with van der Waals surface area (Å²) < 4.78 is 44.4. The summed E-state index contributed by atoms with van der Waals surface area (Å²) in [6.45, 7) is 5.51. The first-order chi connectivity index (χ1) is 15.4. The second-order valence-electron chi connectivity index (χ2n) is 7.66. The predicted octanol–water partition coefficient (Wildman–Crippen LogP) is 0.804. The van der Waals surface area contributed by atoms with Gasteiger partial charge in [0.05, 0.1) is 19.0 Å². The van der Waals surface area contributed by atoms with Crippen LogP contribution in [-0.4, -0.2) is 75.7 Å². The molecular weight excluding hydrogens is 460 g/mol. The van der Waals surface area contributed by atoms with Gasteiger partial charge in [0.15, 0.2) is 17.0 Å². The van der Waals surface area contributed by atoms with E-state index in [9.17, 15) is 14.5 Å². The van der Waals surface area contributed by atoms with Crippen LogP contribution in [0.15, 0.2) is 6.33 Å². The van der Waals surface area contributed by atoms with Crippen molar-refractivity contribution in [2.75, 3.05) is 31.8 Å². The van der Waals surface area contributed by atoms with Gasteiger partial charge < -0.3 is 30.2 Å². The summed E-state index contributed by atoms with van der Waals surface area (Å²) in [5.41, 5.74) is 6.01. The maximum atomic E-state index is 15.8. The highest BCUT2D eigenvalue weighted by Crippen LogP contribution is 2.32. The van der Waals surface area contributed by atoms with E-state index in [-0.39, 0.29) is 23.2 Å². The molecule has 33 heavy (non-hydrogen) atoms. The van der Waals surface area contributed by atoms with Crippen LogP contribution in [0.2, 0.25) is 0 Å². The summed E-state index contributed by atoms with van der Waals surface area (Å²) in [5.74, 6) is -2.88. The summed E-state index contributed by atoms with van der Waals surface area (Å²) in [6, 6.07) is -0.889. The number of aromatic nitrogens is 4. The fraction of sp³-hybridized carbons (Fsp3) is 0.667. The summed E-state index contributed by atoms with van der Waals surface area (Å²) >= 11 is 0. The number of nitrogens with zero attached hydrogens (tertiary/aromatic N) is 4. The third-order valence-electron chi connectivity index (χ3n) is 4.73. The lowest BCUT2D eigenvalue weighted by Crippen LogP contribution is -2.48. The number of halogens is 1. The Morgan fingerprint density at radius 3 is 2.64 bits per heavy atom. The molecule has 2 heterocycles. The molecule has 0 aliphatic heterocycles. The summed E-state index contributed by atoms with van der Waals surface area (Å²) in [5, 5.41) is 16.0. The Bertz CT molecular complexity index is 989. The quantitative estimate of drug-likeness (QED) is 0.243. The second-order valence-corrected chi connectivity index (χ2v) is 8.81. The van der Waals surface area contributed by atoms with Gasteiger partial charge in [-0.25, -0.2) is 14.5 Å². The molecule has 0 aromatic carbocycles. The van der Waals surface area contributed by atoms with Crippen LogP contribution in [-0.2, 0) is 29.1 Å². The maximum absolute atomic E-state index is 15.8. The number of anilines is 2. The molecule has 0 spiro atoms. The lowest BCUT2D eigenvalue weighted by atomic mass is 10.0. The average Bonchev–Trinajstić information content (AvgIpc) is 3.17. The Morgan fingerprint density at radius 2 is 2.06 bits per heavy atom. The van der Waals surface area contributed by atoms with Gasteiger partial charge in [0, 0.05) is 14.2 Å². The number of hydrogen-bond donors (Lipinski definition) is 4. The van der Waals surface area contributed by atoms with E-state index in [0.29, 0.717) is 5.82 Å².